The SMILES string of the molecule is CCNC(=NCC1(CCOCC)CC1)NCCCOC1CCCCC1.I. The highest BCUT2D eigenvalue weighted by Crippen LogP contribution is 2.48. The number of guanidine groups is 1. The molecule has 0 spiro atoms. The van der Waals surface area contributed by atoms with E-state index < -0.39 is 0 Å². The van der Waals surface area contributed by atoms with Gasteiger partial charge < -0.3 is 20.1 Å². The third-order valence-corrected chi connectivity index (χ3v) is 5.37. The van der Waals surface area contributed by atoms with Crippen LogP contribution in [0.1, 0.15) is 71.6 Å². The lowest BCUT2D eigenvalue weighted by atomic mass is 9.98. The number of nitrogens with zero attached hydrogens (tertiary/aromatic N) is 1. The minimum Gasteiger partial charge on any atom is -0.382 e. The fourth-order valence-corrected chi connectivity index (χ4v) is 3.45. The Hall–Kier alpha value is -0.0800. The molecular formula is C20H40IN3O2. The molecule has 0 heterocycles. The van der Waals surface area contributed by atoms with Gasteiger partial charge in [0.2, 0.25) is 0 Å². The molecule has 0 amide bonds. The van der Waals surface area contributed by atoms with Gasteiger partial charge in [-0.15, -0.1) is 24.0 Å². The highest BCUT2D eigenvalue weighted by atomic mass is 127. The second-order valence-electron chi connectivity index (χ2n) is 7.55. The molecule has 0 saturated heterocycles. The number of rotatable bonds is 12. The van der Waals surface area contributed by atoms with Gasteiger partial charge in [0.25, 0.3) is 0 Å². The van der Waals surface area contributed by atoms with Gasteiger partial charge in [-0.05, 0) is 57.8 Å². The van der Waals surface area contributed by atoms with Crippen molar-refractivity contribution in [1.82, 2.24) is 10.6 Å². The van der Waals surface area contributed by atoms with Crippen molar-refractivity contribution < 1.29 is 9.47 Å². The largest absolute Gasteiger partial charge is 0.382 e. The molecule has 2 aliphatic rings. The van der Waals surface area contributed by atoms with Crippen molar-refractivity contribution in [3.05, 3.63) is 0 Å². The number of halogens is 1. The molecule has 0 aromatic rings. The zero-order valence-corrected chi connectivity index (χ0v) is 19.2. The summed E-state index contributed by atoms with van der Waals surface area (Å²) >= 11 is 0. The van der Waals surface area contributed by atoms with Crippen LogP contribution in [0.2, 0.25) is 0 Å². The maximum atomic E-state index is 5.99. The topological polar surface area (TPSA) is 54.9 Å². The Bertz CT molecular complexity index is 383. The molecule has 2 N–H and O–H groups in total. The third kappa shape index (κ3) is 9.74. The molecule has 154 valence electrons. The van der Waals surface area contributed by atoms with Crippen LogP contribution in [-0.4, -0.2) is 51.5 Å². The molecule has 6 heteroatoms. The number of hydrogen-bond acceptors (Lipinski definition) is 3. The Morgan fingerprint density at radius 1 is 1.08 bits per heavy atom. The van der Waals surface area contributed by atoms with Crippen molar-refractivity contribution in [3.63, 3.8) is 0 Å². The van der Waals surface area contributed by atoms with E-state index in [0.29, 0.717) is 11.5 Å². The molecule has 0 unspecified atom stereocenters. The first kappa shape index (κ1) is 24.0. The molecule has 0 aromatic carbocycles. The fraction of sp³-hybridized carbons (Fsp3) is 0.950. The molecule has 0 aromatic heterocycles. The lowest BCUT2D eigenvalue weighted by Gasteiger charge is -2.22. The predicted molar refractivity (Wildman–Crippen MR) is 120 cm³/mol. The van der Waals surface area contributed by atoms with Crippen LogP contribution in [0.25, 0.3) is 0 Å². The summed E-state index contributed by atoms with van der Waals surface area (Å²) in [6, 6.07) is 0. The van der Waals surface area contributed by atoms with Gasteiger partial charge in [0, 0.05) is 39.5 Å². The van der Waals surface area contributed by atoms with Gasteiger partial charge in [0.1, 0.15) is 0 Å². The molecule has 2 fully saturated rings. The summed E-state index contributed by atoms with van der Waals surface area (Å²) in [5.74, 6) is 0.947. The smallest absolute Gasteiger partial charge is 0.191 e. The van der Waals surface area contributed by atoms with Crippen LogP contribution >= 0.6 is 24.0 Å². The van der Waals surface area contributed by atoms with Crippen molar-refractivity contribution in [2.45, 2.75) is 77.7 Å². The summed E-state index contributed by atoms with van der Waals surface area (Å²) in [5.41, 5.74) is 0.404. The second-order valence-corrected chi connectivity index (χ2v) is 7.55. The lowest BCUT2D eigenvalue weighted by molar-refractivity contribution is 0.0277. The molecule has 0 aliphatic heterocycles. The Morgan fingerprint density at radius 2 is 1.85 bits per heavy atom. The molecule has 0 atom stereocenters. The standard InChI is InChI=1S/C20H39N3O2.HI/c1-3-21-19(23-17-20(11-12-20)13-16-24-4-2)22-14-8-15-25-18-9-6-5-7-10-18;/h18H,3-17H2,1-2H3,(H2,21,22,23);1H. The molecule has 0 bridgehead atoms. The van der Waals surface area contributed by atoms with E-state index in [1.807, 2.05) is 0 Å². The maximum Gasteiger partial charge on any atom is 0.191 e. The van der Waals surface area contributed by atoms with E-state index >= 15 is 0 Å². The van der Waals surface area contributed by atoms with Crippen LogP contribution < -0.4 is 10.6 Å². The van der Waals surface area contributed by atoms with Gasteiger partial charge in [-0.1, -0.05) is 19.3 Å². The van der Waals surface area contributed by atoms with Crippen molar-refractivity contribution in [2.24, 2.45) is 10.4 Å². The number of nitrogens with one attached hydrogen (secondary N) is 2. The Balaban J connectivity index is 0.00000338. The van der Waals surface area contributed by atoms with Gasteiger partial charge >= 0.3 is 0 Å². The van der Waals surface area contributed by atoms with Gasteiger partial charge in [0.15, 0.2) is 5.96 Å². The molecular weight excluding hydrogens is 441 g/mol. The third-order valence-electron chi connectivity index (χ3n) is 5.37. The quantitative estimate of drug-likeness (QED) is 0.191. The van der Waals surface area contributed by atoms with E-state index in [1.54, 1.807) is 0 Å². The first-order valence-electron chi connectivity index (χ1n) is 10.5. The number of hydrogen-bond donors (Lipinski definition) is 2. The van der Waals surface area contributed by atoms with Crippen molar-refractivity contribution in [2.75, 3.05) is 39.5 Å². The first-order chi connectivity index (χ1) is 12.3. The molecule has 2 aliphatic carbocycles. The lowest BCUT2D eigenvalue weighted by Crippen LogP contribution is -2.38. The average molecular weight is 481 g/mol. The van der Waals surface area contributed by atoms with Crippen LogP contribution in [0.5, 0.6) is 0 Å². The summed E-state index contributed by atoms with van der Waals surface area (Å²) in [5, 5.41) is 6.81. The summed E-state index contributed by atoms with van der Waals surface area (Å²) in [4.78, 5) is 4.81. The van der Waals surface area contributed by atoms with Crippen molar-refractivity contribution in [1.29, 1.82) is 0 Å². The van der Waals surface area contributed by atoms with Crippen molar-refractivity contribution >= 4 is 29.9 Å². The monoisotopic (exact) mass is 481 g/mol. The molecule has 26 heavy (non-hydrogen) atoms. The van der Waals surface area contributed by atoms with Gasteiger partial charge in [-0.25, -0.2) is 0 Å². The van der Waals surface area contributed by atoms with E-state index in [1.165, 1.54) is 44.9 Å². The minimum absolute atomic E-state index is 0. The number of ether oxygens (including phenoxy) is 2. The minimum atomic E-state index is 0. The van der Waals surface area contributed by atoms with Crippen molar-refractivity contribution in [3.8, 4) is 0 Å². The predicted octanol–water partition coefficient (Wildman–Crippen LogP) is 4.11. The van der Waals surface area contributed by atoms with Crippen LogP contribution in [0.3, 0.4) is 0 Å². The summed E-state index contributed by atoms with van der Waals surface area (Å²) in [6.45, 7) is 9.44. The second kappa shape index (κ2) is 14.0. The highest BCUT2D eigenvalue weighted by molar-refractivity contribution is 14.0. The molecule has 2 saturated carbocycles. The zero-order chi connectivity index (χ0) is 17.8. The Morgan fingerprint density at radius 3 is 2.50 bits per heavy atom. The van der Waals surface area contributed by atoms with Gasteiger partial charge in [-0.2, -0.15) is 0 Å². The Labute approximate surface area is 177 Å². The van der Waals surface area contributed by atoms with E-state index in [4.69, 9.17) is 14.5 Å². The van der Waals surface area contributed by atoms with E-state index in [2.05, 4.69) is 24.5 Å². The highest BCUT2D eigenvalue weighted by Gasteiger charge is 2.41. The zero-order valence-electron chi connectivity index (χ0n) is 16.9. The van der Waals surface area contributed by atoms with E-state index in [9.17, 15) is 0 Å². The Kier molecular flexibility index (Phi) is 12.9. The molecule has 5 nitrogen and oxygen atoms in total. The fourth-order valence-electron chi connectivity index (χ4n) is 3.45. The average Bonchev–Trinajstić information content (AvgIpc) is 3.40. The van der Waals surface area contributed by atoms with Crippen LogP contribution in [0.4, 0.5) is 0 Å². The van der Waals surface area contributed by atoms with Crippen LogP contribution in [0.15, 0.2) is 4.99 Å². The van der Waals surface area contributed by atoms with E-state index in [-0.39, 0.29) is 24.0 Å². The summed E-state index contributed by atoms with van der Waals surface area (Å²) < 4.78 is 11.5. The van der Waals surface area contributed by atoms with Gasteiger partial charge in [-0.3, -0.25) is 4.99 Å². The normalized spacial score (nSPS) is 19.7. The summed E-state index contributed by atoms with van der Waals surface area (Å²) in [7, 11) is 0. The molecule has 0 radical (unpaired) electrons. The first-order valence-corrected chi connectivity index (χ1v) is 10.5. The number of aliphatic imine (C=N–C) groups is 1. The maximum absolute atomic E-state index is 5.99. The molecule has 2 rings (SSSR count). The van der Waals surface area contributed by atoms with Crippen LogP contribution in [-0.2, 0) is 9.47 Å². The summed E-state index contributed by atoms with van der Waals surface area (Å²) in [6.07, 6.45) is 11.8. The van der Waals surface area contributed by atoms with Crippen LogP contribution in [0, 0.1) is 5.41 Å². The van der Waals surface area contributed by atoms with Gasteiger partial charge in [0.05, 0.1) is 6.10 Å². The van der Waals surface area contributed by atoms with E-state index in [0.717, 1.165) is 58.3 Å².